The summed E-state index contributed by atoms with van der Waals surface area (Å²) >= 11 is 0. The minimum atomic E-state index is -3.67. The largest absolute Gasteiger partial charge is 0.317 e. The highest BCUT2D eigenvalue weighted by Gasteiger charge is 2.31. The van der Waals surface area contributed by atoms with Gasteiger partial charge in [-0.2, -0.15) is 4.31 Å². The molecule has 20 heavy (non-hydrogen) atoms. The number of hydrogen-bond acceptors (Lipinski definition) is 4. The van der Waals surface area contributed by atoms with E-state index in [9.17, 15) is 12.8 Å². The lowest BCUT2D eigenvalue weighted by Crippen LogP contribution is -2.42. The minimum Gasteiger partial charge on any atom is -0.317 e. The first-order valence-electron chi connectivity index (χ1n) is 6.71. The molecule has 0 aliphatic heterocycles. The van der Waals surface area contributed by atoms with Gasteiger partial charge in [0.05, 0.1) is 6.20 Å². The monoisotopic (exact) mass is 301 g/mol. The normalized spacial score (nSPS) is 24.0. The fourth-order valence-corrected chi connectivity index (χ4v) is 4.02. The van der Waals surface area contributed by atoms with Crippen LogP contribution in [0, 0.1) is 5.82 Å². The van der Waals surface area contributed by atoms with Crippen LogP contribution in [0.15, 0.2) is 23.4 Å². The summed E-state index contributed by atoms with van der Waals surface area (Å²) in [7, 11) is -0.194. The molecule has 1 heterocycles. The van der Waals surface area contributed by atoms with Crippen LogP contribution in [0.1, 0.15) is 25.7 Å². The van der Waals surface area contributed by atoms with Crippen LogP contribution in [-0.2, 0) is 10.0 Å². The summed E-state index contributed by atoms with van der Waals surface area (Å²) in [5.74, 6) is -0.640. The molecule has 5 nitrogen and oxygen atoms in total. The van der Waals surface area contributed by atoms with Crippen molar-refractivity contribution in [1.29, 1.82) is 0 Å². The van der Waals surface area contributed by atoms with Crippen LogP contribution >= 0.6 is 0 Å². The highest BCUT2D eigenvalue weighted by atomic mass is 32.2. The highest BCUT2D eigenvalue weighted by Crippen LogP contribution is 2.26. The molecule has 2 rings (SSSR count). The SMILES string of the molecule is CNC1CCC(N(C)S(=O)(=O)c2cncc(F)c2)CC1. The number of nitrogens with one attached hydrogen (secondary N) is 1. The van der Waals surface area contributed by atoms with Crippen molar-refractivity contribution in [3.63, 3.8) is 0 Å². The summed E-state index contributed by atoms with van der Waals surface area (Å²) in [6, 6.07) is 1.43. The lowest BCUT2D eigenvalue weighted by molar-refractivity contribution is 0.255. The molecule has 0 aromatic carbocycles. The van der Waals surface area contributed by atoms with Crippen molar-refractivity contribution >= 4 is 10.0 Å². The maximum atomic E-state index is 13.1. The lowest BCUT2D eigenvalue weighted by atomic mass is 9.91. The summed E-state index contributed by atoms with van der Waals surface area (Å²) in [6.45, 7) is 0. The molecule has 1 aromatic rings. The van der Waals surface area contributed by atoms with Crippen molar-refractivity contribution in [2.75, 3.05) is 14.1 Å². The van der Waals surface area contributed by atoms with Crippen LogP contribution in [0.4, 0.5) is 4.39 Å². The van der Waals surface area contributed by atoms with Crippen LogP contribution < -0.4 is 5.32 Å². The zero-order valence-electron chi connectivity index (χ0n) is 11.7. The van der Waals surface area contributed by atoms with Gasteiger partial charge in [0.1, 0.15) is 10.7 Å². The van der Waals surface area contributed by atoms with Crippen molar-refractivity contribution in [2.24, 2.45) is 0 Å². The first-order chi connectivity index (χ1) is 9.45. The fourth-order valence-electron chi connectivity index (χ4n) is 2.62. The standard InChI is InChI=1S/C13H20FN3O2S/c1-15-11-3-5-12(6-4-11)17(2)20(18,19)13-7-10(14)8-16-9-13/h7-9,11-12,15H,3-6H2,1-2H3. The molecule has 7 heteroatoms. The molecule has 1 fully saturated rings. The number of sulfonamides is 1. The van der Waals surface area contributed by atoms with Gasteiger partial charge in [-0.05, 0) is 38.8 Å². The second kappa shape index (κ2) is 6.15. The number of rotatable bonds is 4. The Morgan fingerprint density at radius 1 is 1.30 bits per heavy atom. The Kier molecular flexibility index (Phi) is 4.72. The van der Waals surface area contributed by atoms with E-state index in [0.717, 1.165) is 37.9 Å². The van der Waals surface area contributed by atoms with Gasteiger partial charge in [0, 0.05) is 25.3 Å². The molecule has 112 valence electrons. The second-order valence-corrected chi connectivity index (χ2v) is 7.15. The number of pyridine rings is 1. The Bertz CT molecular complexity index is 556. The Labute approximate surface area is 119 Å². The van der Waals surface area contributed by atoms with Crippen molar-refractivity contribution in [2.45, 2.75) is 42.7 Å². The van der Waals surface area contributed by atoms with Gasteiger partial charge in [0.25, 0.3) is 0 Å². The zero-order chi connectivity index (χ0) is 14.8. The molecule has 1 aliphatic carbocycles. The lowest BCUT2D eigenvalue weighted by Gasteiger charge is -2.33. The number of nitrogens with zero attached hydrogens (tertiary/aromatic N) is 2. The van der Waals surface area contributed by atoms with Gasteiger partial charge < -0.3 is 5.32 Å². The van der Waals surface area contributed by atoms with Gasteiger partial charge >= 0.3 is 0 Å². The van der Waals surface area contributed by atoms with Crippen molar-refractivity contribution in [1.82, 2.24) is 14.6 Å². The smallest absolute Gasteiger partial charge is 0.244 e. The Morgan fingerprint density at radius 3 is 2.50 bits per heavy atom. The first-order valence-corrected chi connectivity index (χ1v) is 8.15. The average Bonchev–Trinajstić information content (AvgIpc) is 2.46. The summed E-state index contributed by atoms with van der Waals surface area (Å²) in [5, 5.41) is 3.21. The summed E-state index contributed by atoms with van der Waals surface area (Å²) < 4.78 is 39.4. The Morgan fingerprint density at radius 2 is 1.95 bits per heavy atom. The fraction of sp³-hybridized carbons (Fsp3) is 0.615. The van der Waals surface area contributed by atoms with E-state index in [1.54, 1.807) is 7.05 Å². The van der Waals surface area contributed by atoms with Crippen LogP contribution in [-0.4, -0.2) is 43.9 Å². The summed E-state index contributed by atoms with van der Waals surface area (Å²) in [6.07, 6.45) is 5.70. The third kappa shape index (κ3) is 3.16. The molecule has 0 atom stereocenters. The van der Waals surface area contributed by atoms with Crippen molar-refractivity contribution in [3.8, 4) is 0 Å². The molecule has 1 aliphatic rings. The summed E-state index contributed by atoms with van der Waals surface area (Å²) in [5.41, 5.74) is 0. The van der Waals surface area contributed by atoms with Gasteiger partial charge in [0.15, 0.2) is 0 Å². The van der Waals surface area contributed by atoms with E-state index in [1.807, 2.05) is 7.05 Å². The molecule has 0 radical (unpaired) electrons. The molecule has 1 N–H and O–H groups in total. The maximum absolute atomic E-state index is 13.1. The number of aromatic nitrogens is 1. The second-order valence-electron chi connectivity index (χ2n) is 5.15. The van der Waals surface area contributed by atoms with Gasteiger partial charge in [-0.3, -0.25) is 4.98 Å². The van der Waals surface area contributed by atoms with Crippen LogP contribution in [0.3, 0.4) is 0 Å². The van der Waals surface area contributed by atoms with Crippen molar-refractivity contribution in [3.05, 3.63) is 24.3 Å². The van der Waals surface area contributed by atoms with E-state index < -0.39 is 15.8 Å². The van der Waals surface area contributed by atoms with E-state index in [-0.39, 0.29) is 10.9 Å². The average molecular weight is 301 g/mol. The van der Waals surface area contributed by atoms with Crippen LogP contribution in [0.25, 0.3) is 0 Å². The quantitative estimate of drug-likeness (QED) is 0.912. The summed E-state index contributed by atoms with van der Waals surface area (Å²) in [4.78, 5) is 3.53. The number of hydrogen-bond donors (Lipinski definition) is 1. The van der Waals surface area contributed by atoms with E-state index in [1.165, 1.54) is 10.5 Å². The highest BCUT2D eigenvalue weighted by molar-refractivity contribution is 7.89. The van der Waals surface area contributed by atoms with Crippen LogP contribution in [0.5, 0.6) is 0 Å². The molecule has 0 amide bonds. The molecule has 0 spiro atoms. The van der Waals surface area contributed by atoms with E-state index >= 15 is 0 Å². The first kappa shape index (κ1) is 15.3. The minimum absolute atomic E-state index is 0.0344. The van der Waals surface area contributed by atoms with Gasteiger partial charge in [0.2, 0.25) is 10.0 Å². The molecule has 1 aromatic heterocycles. The van der Waals surface area contributed by atoms with E-state index in [0.29, 0.717) is 6.04 Å². The van der Waals surface area contributed by atoms with Gasteiger partial charge in [-0.25, -0.2) is 12.8 Å². The molecular weight excluding hydrogens is 281 g/mol. The predicted molar refractivity (Wildman–Crippen MR) is 74.2 cm³/mol. The topological polar surface area (TPSA) is 62.3 Å². The Balaban J connectivity index is 2.14. The van der Waals surface area contributed by atoms with Gasteiger partial charge in [-0.15, -0.1) is 0 Å². The van der Waals surface area contributed by atoms with Crippen molar-refractivity contribution < 1.29 is 12.8 Å². The zero-order valence-corrected chi connectivity index (χ0v) is 12.5. The van der Waals surface area contributed by atoms with Gasteiger partial charge in [-0.1, -0.05) is 0 Å². The Hall–Kier alpha value is -1.05. The third-order valence-corrected chi connectivity index (χ3v) is 5.85. The molecular formula is C13H20FN3O2S. The van der Waals surface area contributed by atoms with E-state index in [4.69, 9.17) is 0 Å². The van der Waals surface area contributed by atoms with Crippen LogP contribution in [0.2, 0.25) is 0 Å². The molecule has 0 unspecified atom stereocenters. The van der Waals surface area contributed by atoms with E-state index in [2.05, 4.69) is 10.3 Å². The molecule has 0 bridgehead atoms. The molecule has 1 saturated carbocycles. The third-order valence-electron chi connectivity index (χ3n) is 3.98. The number of halogens is 1. The predicted octanol–water partition coefficient (Wildman–Crippen LogP) is 1.37. The molecule has 0 saturated heterocycles. The maximum Gasteiger partial charge on any atom is 0.244 e.